The Morgan fingerprint density at radius 2 is 1.92 bits per heavy atom. The summed E-state index contributed by atoms with van der Waals surface area (Å²) in [6.07, 6.45) is 0.702. The Bertz CT molecular complexity index is 908. The van der Waals surface area contributed by atoms with Gasteiger partial charge >= 0.3 is 5.69 Å². The summed E-state index contributed by atoms with van der Waals surface area (Å²) in [5.74, 6) is -1.76. The zero-order valence-electron chi connectivity index (χ0n) is 13.6. The van der Waals surface area contributed by atoms with Crippen LogP contribution in [-0.4, -0.2) is 14.8 Å². The molecule has 0 aliphatic rings. The van der Waals surface area contributed by atoms with E-state index < -0.39 is 11.6 Å². The van der Waals surface area contributed by atoms with Crippen LogP contribution >= 0.6 is 11.8 Å². The number of aromatic nitrogens is 3. The number of hydrogen-bond donors (Lipinski definition) is 1. The predicted octanol–water partition coefficient (Wildman–Crippen LogP) is 3.95. The lowest BCUT2D eigenvalue weighted by molar-refractivity contribution is 0.507. The number of thioether (sulfide) groups is 1. The highest BCUT2D eigenvalue weighted by Gasteiger charge is 2.16. The molecular formula is C18H17F2N3OS. The molecule has 0 bridgehead atoms. The molecule has 0 amide bonds. The summed E-state index contributed by atoms with van der Waals surface area (Å²) in [5.41, 5.74) is 1.48. The average Bonchev–Trinajstić information content (AvgIpc) is 2.96. The highest BCUT2D eigenvalue weighted by molar-refractivity contribution is 7.99. The van der Waals surface area contributed by atoms with Gasteiger partial charge in [0.15, 0.2) is 16.8 Å². The molecule has 1 N–H and O–H groups in total. The number of nitrogens with one attached hydrogen (secondary N) is 1. The molecule has 7 heteroatoms. The van der Waals surface area contributed by atoms with Crippen LogP contribution in [0.5, 0.6) is 0 Å². The average molecular weight is 361 g/mol. The molecule has 130 valence electrons. The van der Waals surface area contributed by atoms with Crippen LogP contribution in [0.1, 0.15) is 23.3 Å². The van der Waals surface area contributed by atoms with E-state index >= 15 is 0 Å². The highest BCUT2D eigenvalue weighted by atomic mass is 32.2. The Labute approximate surface area is 147 Å². The van der Waals surface area contributed by atoms with Crippen molar-refractivity contribution in [2.45, 2.75) is 30.3 Å². The first-order valence-electron chi connectivity index (χ1n) is 7.85. The van der Waals surface area contributed by atoms with Gasteiger partial charge in [0.25, 0.3) is 0 Å². The van der Waals surface area contributed by atoms with Crippen molar-refractivity contribution < 1.29 is 8.78 Å². The Morgan fingerprint density at radius 3 is 2.64 bits per heavy atom. The summed E-state index contributed by atoms with van der Waals surface area (Å²) in [5, 5.41) is 6.85. The second-order valence-electron chi connectivity index (χ2n) is 5.63. The molecule has 1 atom stereocenters. The lowest BCUT2D eigenvalue weighted by Gasteiger charge is -2.12. The standard InChI is InChI=1S/C18H17F2N3OS/c1-12(14-7-8-15(19)16(20)11-14)25-18-22-21-17(24)23(18)10-9-13-5-3-2-4-6-13/h2-8,11-12H,9-10H2,1H3,(H,21,24). The van der Waals surface area contributed by atoms with Crippen molar-refractivity contribution in [3.05, 3.63) is 81.8 Å². The van der Waals surface area contributed by atoms with Gasteiger partial charge in [-0.1, -0.05) is 48.2 Å². The maximum atomic E-state index is 13.4. The molecule has 0 spiro atoms. The summed E-state index contributed by atoms with van der Waals surface area (Å²) >= 11 is 1.33. The van der Waals surface area contributed by atoms with Crippen LogP contribution in [0.4, 0.5) is 8.78 Å². The number of rotatable bonds is 6. The monoisotopic (exact) mass is 361 g/mol. The van der Waals surface area contributed by atoms with Gasteiger partial charge in [-0.25, -0.2) is 18.7 Å². The smallest absolute Gasteiger partial charge is 0.270 e. The molecule has 2 aromatic carbocycles. The molecule has 25 heavy (non-hydrogen) atoms. The second-order valence-corrected chi connectivity index (χ2v) is 6.94. The minimum Gasteiger partial charge on any atom is -0.270 e. The fourth-order valence-corrected chi connectivity index (χ4v) is 3.47. The lowest BCUT2D eigenvalue weighted by Crippen LogP contribution is -2.19. The van der Waals surface area contributed by atoms with Gasteiger partial charge < -0.3 is 0 Å². The Balaban J connectivity index is 1.74. The van der Waals surface area contributed by atoms with E-state index in [1.807, 2.05) is 37.3 Å². The molecule has 0 saturated heterocycles. The van der Waals surface area contributed by atoms with E-state index in [1.165, 1.54) is 23.9 Å². The minimum atomic E-state index is -0.881. The van der Waals surface area contributed by atoms with Gasteiger partial charge in [0.1, 0.15) is 0 Å². The summed E-state index contributed by atoms with van der Waals surface area (Å²) in [4.78, 5) is 12.0. The van der Waals surface area contributed by atoms with Gasteiger partial charge in [-0.3, -0.25) is 4.57 Å². The first kappa shape index (κ1) is 17.4. The molecule has 1 aromatic heterocycles. The summed E-state index contributed by atoms with van der Waals surface area (Å²) in [6.45, 7) is 2.35. The summed E-state index contributed by atoms with van der Waals surface area (Å²) < 4.78 is 28.0. The van der Waals surface area contributed by atoms with Crippen LogP contribution in [0.3, 0.4) is 0 Å². The van der Waals surface area contributed by atoms with Crippen molar-refractivity contribution in [3.63, 3.8) is 0 Å². The van der Waals surface area contributed by atoms with E-state index in [-0.39, 0.29) is 10.9 Å². The van der Waals surface area contributed by atoms with Crippen LogP contribution in [0.25, 0.3) is 0 Å². The third kappa shape index (κ3) is 4.17. The van der Waals surface area contributed by atoms with Crippen LogP contribution in [0, 0.1) is 11.6 Å². The van der Waals surface area contributed by atoms with Gasteiger partial charge in [-0.2, -0.15) is 0 Å². The van der Waals surface area contributed by atoms with E-state index in [0.717, 1.165) is 11.6 Å². The fraction of sp³-hybridized carbons (Fsp3) is 0.222. The minimum absolute atomic E-state index is 0.180. The number of aryl methyl sites for hydroxylation is 1. The molecule has 0 radical (unpaired) electrons. The Kier molecular flexibility index (Phi) is 5.33. The fourth-order valence-electron chi connectivity index (χ4n) is 2.47. The van der Waals surface area contributed by atoms with Gasteiger partial charge in [-0.15, -0.1) is 5.10 Å². The second kappa shape index (κ2) is 7.65. The van der Waals surface area contributed by atoms with Crippen LogP contribution in [0.15, 0.2) is 58.5 Å². The number of hydrogen-bond acceptors (Lipinski definition) is 3. The summed E-state index contributed by atoms with van der Waals surface area (Å²) in [6, 6.07) is 13.7. The van der Waals surface area contributed by atoms with E-state index in [1.54, 1.807) is 4.57 Å². The van der Waals surface area contributed by atoms with Gasteiger partial charge in [0, 0.05) is 11.8 Å². The molecule has 4 nitrogen and oxygen atoms in total. The molecule has 1 heterocycles. The molecule has 3 aromatic rings. The quantitative estimate of drug-likeness (QED) is 0.677. The van der Waals surface area contributed by atoms with E-state index in [0.29, 0.717) is 23.7 Å². The first-order valence-corrected chi connectivity index (χ1v) is 8.73. The van der Waals surface area contributed by atoms with Crippen molar-refractivity contribution in [2.24, 2.45) is 0 Å². The molecule has 0 saturated carbocycles. The van der Waals surface area contributed by atoms with E-state index in [4.69, 9.17) is 0 Å². The van der Waals surface area contributed by atoms with Crippen LogP contribution in [-0.2, 0) is 13.0 Å². The van der Waals surface area contributed by atoms with E-state index in [2.05, 4.69) is 10.2 Å². The normalized spacial score (nSPS) is 12.3. The van der Waals surface area contributed by atoms with Gasteiger partial charge in [0.2, 0.25) is 0 Å². The Hall–Kier alpha value is -2.41. The van der Waals surface area contributed by atoms with Crippen molar-refractivity contribution in [2.75, 3.05) is 0 Å². The van der Waals surface area contributed by atoms with Crippen molar-refractivity contribution >= 4 is 11.8 Å². The number of halogens is 2. The predicted molar refractivity (Wildman–Crippen MR) is 93.6 cm³/mol. The third-order valence-electron chi connectivity index (χ3n) is 3.89. The molecule has 0 aliphatic heterocycles. The Morgan fingerprint density at radius 1 is 1.16 bits per heavy atom. The maximum absolute atomic E-state index is 13.4. The first-order chi connectivity index (χ1) is 12.0. The molecule has 3 rings (SSSR count). The van der Waals surface area contributed by atoms with Crippen LogP contribution in [0.2, 0.25) is 0 Å². The van der Waals surface area contributed by atoms with Crippen molar-refractivity contribution in [1.29, 1.82) is 0 Å². The van der Waals surface area contributed by atoms with Crippen molar-refractivity contribution in [3.8, 4) is 0 Å². The molecular weight excluding hydrogens is 344 g/mol. The summed E-state index contributed by atoms with van der Waals surface area (Å²) in [7, 11) is 0. The number of benzene rings is 2. The maximum Gasteiger partial charge on any atom is 0.343 e. The molecule has 1 unspecified atom stereocenters. The molecule has 0 fully saturated rings. The largest absolute Gasteiger partial charge is 0.343 e. The third-order valence-corrected chi connectivity index (χ3v) is 5.03. The van der Waals surface area contributed by atoms with Crippen LogP contribution < -0.4 is 5.69 Å². The number of H-pyrrole nitrogens is 1. The number of aromatic amines is 1. The highest BCUT2D eigenvalue weighted by Crippen LogP contribution is 2.33. The zero-order valence-corrected chi connectivity index (χ0v) is 14.4. The lowest BCUT2D eigenvalue weighted by atomic mass is 10.1. The van der Waals surface area contributed by atoms with Gasteiger partial charge in [-0.05, 0) is 36.6 Å². The topological polar surface area (TPSA) is 50.7 Å². The molecule has 0 aliphatic carbocycles. The number of nitrogens with zero attached hydrogens (tertiary/aromatic N) is 2. The van der Waals surface area contributed by atoms with E-state index in [9.17, 15) is 13.6 Å². The van der Waals surface area contributed by atoms with Crippen molar-refractivity contribution in [1.82, 2.24) is 14.8 Å². The van der Waals surface area contributed by atoms with Gasteiger partial charge in [0.05, 0.1) is 0 Å². The zero-order chi connectivity index (χ0) is 17.8. The SMILES string of the molecule is CC(Sc1n[nH]c(=O)n1CCc1ccccc1)c1ccc(F)c(F)c1.